The van der Waals surface area contributed by atoms with Gasteiger partial charge in [0.05, 0.1) is 19.3 Å². The van der Waals surface area contributed by atoms with E-state index in [0.717, 1.165) is 32.1 Å². The van der Waals surface area contributed by atoms with E-state index in [9.17, 15) is 0 Å². The first-order chi connectivity index (χ1) is 10.4. The van der Waals surface area contributed by atoms with Crippen molar-refractivity contribution in [3.05, 3.63) is 22.4 Å². The van der Waals surface area contributed by atoms with Crippen LogP contribution in [0.15, 0.2) is 22.5 Å². The van der Waals surface area contributed by atoms with E-state index < -0.39 is 0 Å². The quantitative estimate of drug-likeness (QED) is 0.459. The lowest BCUT2D eigenvalue weighted by Gasteiger charge is -2.23. The number of nitrogens with one attached hydrogen (secondary N) is 2. The normalized spacial score (nSPS) is 19.5. The Morgan fingerprint density at radius 1 is 1.48 bits per heavy atom. The van der Waals surface area contributed by atoms with Gasteiger partial charge in [-0.2, -0.15) is 0 Å². The lowest BCUT2D eigenvalue weighted by atomic mass is 10.1. The van der Waals surface area contributed by atoms with Crippen LogP contribution in [0.1, 0.15) is 24.1 Å². The second kappa shape index (κ2) is 9.76. The summed E-state index contributed by atoms with van der Waals surface area (Å²) in [4.78, 5) is 5.88. The number of ether oxygens (including phenoxy) is 2. The second-order valence-corrected chi connectivity index (χ2v) is 6.07. The standard InChI is InChI=1S/C15H25N3O2S/c1-19-9-7-16-15(18-12-14-6-4-10-21-14)17-11-13-5-2-3-8-20-13/h4,6,10,13H,2-3,5,7-9,11-12H2,1H3,(H2,16,17,18)/t13-/m1/s1. The van der Waals surface area contributed by atoms with Crippen LogP contribution in [0.4, 0.5) is 0 Å². The van der Waals surface area contributed by atoms with E-state index in [-0.39, 0.29) is 0 Å². The lowest BCUT2D eigenvalue weighted by molar-refractivity contribution is 0.0194. The molecule has 0 aromatic carbocycles. The maximum Gasteiger partial charge on any atom is 0.191 e. The van der Waals surface area contributed by atoms with E-state index >= 15 is 0 Å². The first kappa shape index (κ1) is 16.3. The van der Waals surface area contributed by atoms with E-state index in [1.807, 2.05) is 0 Å². The van der Waals surface area contributed by atoms with Crippen molar-refractivity contribution >= 4 is 17.3 Å². The van der Waals surface area contributed by atoms with Crippen LogP contribution in [0.25, 0.3) is 0 Å². The molecule has 6 heteroatoms. The van der Waals surface area contributed by atoms with Crippen LogP contribution >= 0.6 is 11.3 Å². The fourth-order valence-corrected chi connectivity index (χ4v) is 2.81. The molecule has 1 atom stereocenters. The molecule has 21 heavy (non-hydrogen) atoms. The van der Waals surface area contributed by atoms with Crippen molar-refractivity contribution in [1.29, 1.82) is 0 Å². The monoisotopic (exact) mass is 311 g/mol. The van der Waals surface area contributed by atoms with Crippen molar-refractivity contribution in [2.45, 2.75) is 31.9 Å². The predicted molar refractivity (Wildman–Crippen MR) is 86.9 cm³/mol. The summed E-state index contributed by atoms with van der Waals surface area (Å²) in [6, 6.07) is 4.15. The fourth-order valence-electron chi connectivity index (χ4n) is 2.18. The Hall–Kier alpha value is -1.11. The molecular weight excluding hydrogens is 286 g/mol. The molecule has 1 aromatic heterocycles. The summed E-state index contributed by atoms with van der Waals surface area (Å²) < 4.78 is 10.8. The molecule has 2 rings (SSSR count). The number of hydrogen-bond acceptors (Lipinski definition) is 4. The molecular formula is C15H25N3O2S. The summed E-state index contributed by atoms with van der Waals surface area (Å²) in [6.07, 6.45) is 3.87. The van der Waals surface area contributed by atoms with Gasteiger partial charge in [0.15, 0.2) is 5.96 Å². The topological polar surface area (TPSA) is 54.9 Å². The number of aliphatic imine (C=N–C) groups is 1. The van der Waals surface area contributed by atoms with Gasteiger partial charge in [0.1, 0.15) is 0 Å². The number of methoxy groups -OCH3 is 1. The van der Waals surface area contributed by atoms with E-state index in [1.54, 1.807) is 18.4 Å². The van der Waals surface area contributed by atoms with Crippen LogP contribution in [0, 0.1) is 0 Å². The Balaban J connectivity index is 1.80. The van der Waals surface area contributed by atoms with Crippen LogP contribution < -0.4 is 10.6 Å². The third-order valence-corrected chi connectivity index (χ3v) is 4.20. The number of guanidine groups is 1. The molecule has 1 aliphatic rings. The van der Waals surface area contributed by atoms with E-state index in [1.165, 1.54) is 17.7 Å². The molecule has 118 valence electrons. The van der Waals surface area contributed by atoms with Crippen LogP contribution in [0.5, 0.6) is 0 Å². The first-order valence-corrected chi connectivity index (χ1v) is 8.41. The van der Waals surface area contributed by atoms with Gasteiger partial charge in [-0.25, -0.2) is 4.99 Å². The van der Waals surface area contributed by atoms with Gasteiger partial charge in [0, 0.05) is 31.7 Å². The van der Waals surface area contributed by atoms with Gasteiger partial charge in [-0.3, -0.25) is 0 Å². The molecule has 2 heterocycles. The maximum absolute atomic E-state index is 5.74. The molecule has 1 saturated heterocycles. The lowest BCUT2D eigenvalue weighted by Crippen LogP contribution is -2.43. The first-order valence-electron chi connectivity index (χ1n) is 7.53. The van der Waals surface area contributed by atoms with Crippen molar-refractivity contribution < 1.29 is 9.47 Å². The molecule has 0 spiro atoms. The average Bonchev–Trinajstić information content (AvgIpc) is 3.04. The Labute approximate surface area is 130 Å². The minimum absolute atomic E-state index is 0.301. The summed E-state index contributed by atoms with van der Waals surface area (Å²) in [7, 11) is 1.70. The second-order valence-electron chi connectivity index (χ2n) is 5.03. The maximum atomic E-state index is 5.74. The van der Waals surface area contributed by atoms with Crippen LogP contribution in [-0.4, -0.2) is 45.5 Å². The zero-order valence-electron chi connectivity index (χ0n) is 12.6. The smallest absolute Gasteiger partial charge is 0.191 e. The minimum Gasteiger partial charge on any atom is -0.383 e. The van der Waals surface area contributed by atoms with Crippen molar-refractivity contribution in [2.75, 3.05) is 33.4 Å². The van der Waals surface area contributed by atoms with Gasteiger partial charge in [-0.15, -0.1) is 11.3 Å². The van der Waals surface area contributed by atoms with Crippen molar-refractivity contribution in [1.82, 2.24) is 10.6 Å². The molecule has 0 bridgehead atoms. The summed E-state index contributed by atoms with van der Waals surface area (Å²) in [5.41, 5.74) is 0. The minimum atomic E-state index is 0.301. The fraction of sp³-hybridized carbons (Fsp3) is 0.667. The molecule has 0 radical (unpaired) electrons. The molecule has 1 aromatic rings. The summed E-state index contributed by atoms with van der Waals surface area (Å²) in [6.45, 7) is 3.80. The molecule has 1 aliphatic heterocycles. The summed E-state index contributed by atoms with van der Waals surface area (Å²) in [5.74, 6) is 0.828. The number of hydrogen-bond donors (Lipinski definition) is 2. The van der Waals surface area contributed by atoms with Gasteiger partial charge in [-0.1, -0.05) is 6.07 Å². The third-order valence-electron chi connectivity index (χ3n) is 3.34. The molecule has 2 N–H and O–H groups in total. The van der Waals surface area contributed by atoms with E-state index in [0.29, 0.717) is 19.3 Å². The summed E-state index contributed by atoms with van der Waals surface area (Å²) in [5, 5.41) is 8.73. The van der Waals surface area contributed by atoms with Crippen molar-refractivity contribution in [2.24, 2.45) is 4.99 Å². The average molecular weight is 311 g/mol. The Morgan fingerprint density at radius 2 is 2.43 bits per heavy atom. The molecule has 0 amide bonds. The van der Waals surface area contributed by atoms with Gasteiger partial charge >= 0.3 is 0 Å². The Kier molecular flexibility index (Phi) is 7.56. The third kappa shape index (κ3) is 6.46. The number of thiophene rings is 1. The highest BCUT2D eigenvalue weighted by Crippen LogP contribution is 2.12. The van der Waals surface area contributed by atoms with Gasteiger partial charge in [0.25, 0.3) is 0 Å². The zero-order valence-corrected chi connectivity index (χ0v) is 13.5. The van der Waals surface area contributed by atoms with Gasteiger partial charge in [-0.05, 0) is 30.7 Å². The molecule has 1 fully saturated rings. The molecule has 0 unspecified atom stereocenters. The summed E-state index contributed by atoms with van der Waals surface area (Å²) >= 11 is 1.73. The highest BCUT2D eigenvalue weighted by atomic mass is 32.1. The zero-order chi connectivity index (χ0) is 14.8. The SMILES string of the molecule is COCCNC(=NCc1cccs1)NC[C@H]1CCCCO1. The highest BCUT2D eigenvalue weighted by Gasteiger charge is 2.13. The molecule has 5 nitrogen and oxygen atoms in total. The van der Waals surface area contributed by atoms with Crippen LogP contribution in [0.2, 0.25) is 0 Å². The number of rotatable bonds is 7. The predicted octanol–water partition coefficient (Wildman–Crippen LogP) is 2.00. The van der Waals surface area contributed by atoms with Crippen molar-refractivity contribution in [3.63, 3.8) is 0 Å². The van der Waals surface area contributed by atoms with Crippen molar-refractivity contribution in [3.8, 4) is 0 Å². The van der Waals surface area contributed by atoms with E-state index in [4.69, 9.17) is 9.47 Å². The highest BCUT2D eigenvalue weighted by molar-refractivity contribution is 7.09. The number of nitrogens with zero attached hydrogens (tertiary/aromatic N) is 1. The largest absolute Gasteiger partial charge is 0.383 e. The van der Waals surface area contributed by atoms with Crippen LogP contribution in [-0.2, 0) is 16.0 Å². The Morgan fingerprint density at radius 3 is 3.14 bits per heavy atom. The molecule has 0 aliphatic carbocycles. The van der Waals surface area contributed by atoms with E-state index in [2.05, 4.69) is 33.1 Å². The van der Waals surface area contributed by atoms with Gasteiger partial charge < -0.3 is 20.1 Å². The van der Waals surface area contributed by atoms with Crippen LogP contribution in [0.3, 0.4) is 0 Å². The van der Waals surface area contributed by atoms with Gasteiger partial charge in [0.2, 0.25) is 0 Å². The Bertz CT molecular complexity index is 403. The molecule has 0 saturated carbocycles.